The zero-order valence-electron chi connectivity index (χ0n) is 16.5. The summed E-state index contributed by atoms with van der Waals surface area (Å²) in [6, 6.07) is 5.21. The molecule has 1 N–H and O–H groups in total. The largest absolute Gasteiger partial charge is 0.355 e. The van der Waals surface area contributed by atoms with E-state index in [4.69, 9.17) is 0 Å². The van der Waals surface area contributed by atoms with E-state index >= 15 is 0 Å². The van der Waals surface area contributed by atoms with E-state index in [1.807, 2.05) is 26.0 Å². The number of nitrogens with one attached hydrogen (secondary N) is 1. The molecular formula is C21H32N2O2S. The quantitative estimate of drug-likeness (QED) is 0.675. The number of sulfonamides is 1. The molecule has 144 valence electrons. The Balaban J connectivity index is 2.18. The molecule has 26 heavy (non-hydrogen) atoms. The van der Waals surface area contributed by atoms with Gasteiger partial charge >= 0.3 is 0 Å². The molecule has 0 radical (unpaired) electrons. The van der Waals surface area contributed by atoms with E-state index in [0.717, 1.165) is 34.9 Å². The number of allylic oxidation sites excluding steroid dienone is 2. The van der Waals surface area contributed by atoms with Crippen molar-refractivity contribution in [2.45, 2.75) is 57.3 Å². The van der Waals surface area contributed by atoms with E-state index in [0.29, 0.717) is 4.90 Å². The smallest absolute Gasteiger partial charge is 0.242 e. The van der Waals surface area contributed by atoms with Gasteiger partial charge in [-0.25, -0.2) is 12.7 Å². The zero-order chi connectivity index (χ0) is 19.3. The van der Waals surface area contributed by atoms with Crippen molar-refractivity contribution >= 4 is 15.7 Å². The summed E-state index contributed by atoms with van der Waals surface area (Å²) in [6.07, 6.45) is 9.58. The van der Waals surface area contributed by atoms with Crippen LogP contribution in [0, 0.1) is 12.8 Å². The molecule has 0 atom stereocenters. The van der Waals surface area contributed by atoms with Crippen LogP contribution in [0.3, 0.4) is 0 Å². The molecule has 2 rings (SSSR count). The van der Waals surface area contributed by atoms with Crippen LogP contribution in [0.1, 0.15) is 51.0 Å². The molecule has 1 aliphatic rings. The number of hydrogen-bond donors (Lipinski definition) is 1. The van der Waals surface area contributed by atoms with E-state index < -0.39 is 10.0 Å². The summed E-state index contributed by atoms with van der Waals surface area (Å²) >= 11 is 0. The van der Waals surface area contributed by atoms with Crippen LogP contribution in [0.5, 0.6) is 0 Å². The van der Waals surface area contributed by atoms with Crippen LogP contribution in [0.2, 0.25) is 0 Å². The lowest BCUT2D eigenvalue weighted by Gasteiger charge is -2.24. The molecule has 0 aromatic heterocycles. The van der Waals surface area contributed by atoms with Gasteiger partial charge in [-0.3, -0.25) is 0 Å². The second-order valence-corrected chi connectivity index (χ2v) is 9.56. The van der Waals surface area contributed by atoms with Crippen molar-refractivity contribution in [1.29, 1.82) is 0 Å². The molecule has 1 aromatic carbocycles. The first kappa shape index (κ1) is 20.7. The third kappa shape index (κ3) is 4.98. The lowest BCUT2D eigenvalue weighted by molar-refractivity contribution is 0.357. The Labute approximate surface area is 159 Å². The Morgan fingerprint density at radius 3 is 2.50 bits per heavy atom. The summed E-state index contributed by atoms with van der Waals surface area (Å²) in [6.45, 7) is 8.26. The van der Waals surface area contributed by atoms with Gasteiger partial charge in [0, 0.05) is 25.5 Å². The Hall–Kier alpha value is -1.59. The molecule has 0 heterocycles. The lowest BCUT2D eigenvalue weighted by atomic mass is 9.84. The SMILES string of the molecule is C=C(CC1CCCCC1)/C(=C\C)Nc1cc(S(=O)(=O)N(C)C)ccc1C. The van der Waals surface area contributed by atoms with E-state index in [2.05, 4.69) is 11.9 Å². The van der Waals surface area contributed by atoms with Gasteiger partial charge in [-0.1, -0.05) is 50.8 Å². The summed E-state index contributed by atoms with van der Waals surface area (Å²) in [5, 5.41) is 3.42. The van der Waals surface area contributed by atoms with Gasteiger partial charge < -0.3 is 5.32 Å². The monoisotopic (exact) mass is 376 g/mol. The Kier molecular flexibility index (Phi) is 7.07. The minimum atomic E-state index is -3.45. The van der Waals surface area contributed by atoms with Crippen LogP contribution in [-0.2, 0) is 10.0 Å². The number of benzene rings is 1. The molecular weight excluding hydrogens is 344 g/mol. The maximum Gasteiger partial charge on any atom is 0.242 e. The molecule has 5 heteroatoms. The number of hydrogen-bond acceptors (Lipinski definition) is 3. The molecule has 0 aliphatic heterocycles. The maximum absolute atomic E-state index is 12.4. The summed E-state index contributed by atoms with van der Waals surface area (Å²) in [4.78, 5) is 0.295. The summed E-state index contributed by atoms with van der Waals surface area (Å²) in [5.41, 5.74) is 3.90. The van der Waals surface area contributed by atoms with Crippen LogP contribution in [0.4, 0.5) is 5.69 Å². The van der Waals surface area contributed by atoms with Crippen LogP contribution in [0.15, 0.2) is 47.0 Å². The van der Waals surface area contributed by atoms with Crippen molar-refractivity contribution in [3.63, 3.8) is 0 Å². The molecule has 1 aromatic rings. The van der Waals surface area contributed by atoms with Crippen LogP contribution in [0.25, 0.3) is 0 Å². The van der Waals surface area contributed by atoms with Gasteiger partial charge in [0.1, 0.15) is 0 Å². The minimum absolute atomic E-state index is 0.295. The average molecular weight is 377 g/mol. The molecule has 0 saturated heterocycles. The first-order valence-electron chi connectivity index (χ1n) is 9.40. The third-order valence-corrected chi connectivity index (χ3v) is 7.00. The van der Waals surface area contributed by atoms with Crippen molar-refractivity contribution in [3.05, 3.63) is 47.7 Å². The summed E-state index contributed by atoms with van der Waals surface area (Å²) < 4.78 is 26.1. The molecule has 0 bridgehead atoms. The van der Waals surface area contributed by atoms with Crippen molar-refractivity contribution in [3.8, 4) is 0 Å². The number of rotatable bonds is 7. The van der Waals surface area contributed by atoms with Crippen molar-refractivity contribution in [2.75, 3.05) is 19.4 Å². The fourth-order valence-corrected chi connectivity index (χ4v) is 4.39. The molecule has 1 aliphatic carbocycles. The van der Waals surface area contributed by atoms with Crippen LogP contribution < -0.4 is 5.32 Å². The normalized spacial score (nSPS) is 16.7. The van der Waals surface area contributed by atoms with Crippen molar-refractivity contribution in [2.24, 2.45) is 5.92 Å². The summed E-state index contributed by atoms with van der Waals surface area (Å²) in [5.74, 6) is 0.717. The van der Waals surface area contributed by atoms with Gasteiger partial charge in [0.05, 0.1) is 4.90 Å². The van der Waals surface area contributed by atoms with E-state index in [1.54, 1.807) is 26.2 Å². The van der Waals surface area contributed by atoms with Crippen LogP contribution >= 0.6 is 0 Å². The number of nitrogens with zero attached hydrogens (tertiary/aromatic N) is 1. The van der Waals surface area contributed by atoms with Gasteiger partial charge in [0.25, 0.3) is 0 Å². The van der Waals surface area contributed by atoms with E-state index in [-0.39, 0.29) is 0 Å². The lowest BCUT2D eigenvalue weighted by Crippen LogP contribution is -2.22. The van der Waals surface area contributed by atoms with Gasteiger partial charge in [-0.2, -0.15) is 0 Å². The molecule has 1 fully saturated rings. The topological polar surface area (TPSA) is 49.4 Å². The van der Waals surface area contributed by atoms with E-state index in [1.165, 1.54) is 36.4 Å². The average Bonchev–Trinajstić information content (AvgIpc) is 2.61. The molecule has 4 nitrogen and oxygen atoms in total. The second-order valence-electron chi connectivity index (χ2n) is 7.40. The maximum atomic E-state index is 12.4. The van der Waals surface area contributed by atoms with Crippen molar-refractivity contribution in [1.82, 2.24) is 4.31 Å². The highest BCUT2D eigenvalue weighted by Gasteiger charge is 2.19. The third-order valence-electron chi connectivity index (χ3n) is 5.19. The summed E-state index contributed by atoms with van der Waals surface area (Å²) in [7, 11) is -0.356. The van der Waals surface area contributed by atoms with Crippen LogP contribution in [-0.4, -0.2) is 26.8 Å². The molecule has 0 spiro atoms. The molecule has 1 saturated carbocycles. The number of anilines is 1. The Morgan fingerprint density at radius 2 is 1.92 bits per heavy atom. The highest BCUT2D eigenvalue weighted by atomic mass is 32.2. The van der Waals surface area contributed by atoms with Gasteiger partial charge in [0.2, 0.25) is 10.0 Å². The predicted octanol–water partition coefficient (Wildman–Crippen LogP) is 5.09. The first-order valence-corrected chi connectivity index (χ1v) is 10.8. The predicted molar refractivity (Wildman–Crippen MR) is 110 cm³/mol. The van der Waals surface area contributed by atoms with Gasteiger partial charge in [-0.15, -0.1) is 0 Å². The van der Waals surface area contributed by atoms with E-state index in [9.17, 15) is 8.42 Å². The Morgan fingerprint density at radius 1 is 1.27 bits per heavy atom. The van der Waals surface area contributed by atoms with Crippen molar-refractivity contribution < 1.29 is 8.42 Å². The van der Waals surface area contributed by atoms with Gasteiger partial charge in [0.15, 0.2) is 0 Å². The first-order chi connectivity index (χ1) is 12.3. The Bertz CT molecular complexity index is 773. The molecule has 0 unspecified atom stereocenters. The van der Waals surface area contributed by atoms with Gasteiger partial charge in [-0.05, 0) is 49.5 Å². The standard InChI is InChI=1S/C21H32N2O2S/c1-6-20(17(3)14-18-10-8-7-9-11-18)22-21-15-19(13-12-16(21)2)26(24,25)23(4)5/h6,12-13,15,18,22H,3,7-11,14H2,1-2,4-5H3/b20-6+. The number of aryl methyl sites for hydroxylation is 1. The highest BCUT2D eigenvalue weighted by Crippen LogP contribution is 2.31. The zero-order valence-corrected chi connectivity index (χ0v) is 17.3. The fraction of sp³-hybridized carbons (Fsp3) is 0.524. The minimum Gasteiger partial charge on any atom is -0.355 e. The molecule has 0 amide bonds. The second kappa shape index (κ2) is 8.87. The fourth-order valence-electron chi connectivity index (χ4n) is 3.47. The highest BCUT2D eigenvalue weighted by molar-refractivity contribution is 7.89.